The van der Waals surface area contributed by atoms with E-state index < -0.39 is 0 Å². The lowest BCUT2D eigenvalue weighted by molar-refractivity contribution is -0.121. The van der Waals surface area contributed by atoms with E-state index in [1.54, 1.807) is 0 Å². The summed E-state index contributed by atoms with van der Waals surface area (Å²) in [5.74, 6) is 0.854. The highest BCUT2D eigenvalue weighted by Crippen LogP contribution is 2.24. The van der Waals surface area contributed by atoms with Crippen LogP contribution in [0.25, 0.3) is 16.8 Å². The number of hydrogen-bond acceptors (Lipinski definition) is 1. The molecule has 0 saturated heterocycles. The van der Waals surface area contributed by atoms with Crippen LogP contribution >= 0.6 is 0 Å². The van der Waals surface area contributed by atoms with Gasteiger partial charge in [-0.2, -0.15) is 0 Å². The molecule has 0 spiro atoms. The highest BCUT2D eigenvalue weighted by Gasteiger charge is 2.16. The summed E-state index contributed by atoms with van der Waals surface area (Å²) in [4.78, 5) is 11.4. The number of carbonyl (C=O) groups is 1. The van der Waals surface area contributed by atoms with Crippen molar-refractivity contribution in [3.8, 4) is 0 Å². The lowest BCUT2D eigenvalue weighted by atomic mass is 9.88. The number of benzene rings is 2. The minimum absolute atomic E-state index is 0.416. The highest BCUT2D eigenvalue weighted by molar-refractivity contribution is 5.84. The molecule has 2 aromatic carbocycles. The third-order valence-corrected chi connectivity index (χ3v) is 3.85. The Morgan fingerprint density at radius 2 is 1.89 bits per heavy atom. The van der Waals surface area contributed by atoms with Gasteiger partial charge >= 0.3 is 0 Å². The van der Waals surface area contributed by atoms with E-state index in [1.165, 1.54) is 16.3 Å². The fraction of sp³-hybridized carbons (Fsp3) is 0.278. The Kier molecular flexibility index (Phi) is 3.45. The van der Waals surface area contributed by atoms with E-state index in [1.807, 2.05) is 0 Å². The average Bonchev–Trinajstić information content (AvgIpc) is 2.45. The summed E-state index contributed by atoms with van der Waals surface area (Å²) in [7, 11) is 0. The van der Waals surface area contributed by atoms with Gasteiger partial charge in [0.1, 0.15) is 5.78 Å². The molecule has 0 amide bonds. The molecule has 1 aliphatic carbocycles. The summed E-state index contributed by atoms with van der Waals surface area (Å²) in [5, 5.41) is 2.54. The lowest BCUT2D eigenvalue weighted by Crippen LogP contribution is -2.12. The number of carbonyl (C=O) groups excluding carboxylic acids is 1. The van der Waals surface area contributed by atoms with Crippen LogP contribution in [0.3, 0.4) is 0 Å². The smallest absolute Gasteiger partial charge is 0.133 e. The normalized spacial score (nSPS) is 20.2. The molecule has 0 radical (unpaired) electrons. The summed E-state index contributed by atoms with van der Waals surface area (Å²) in [6.45, 7) is 0. The molecule has 96 valence electrons. The van der Waals surface area contributed by atoms with E-state index in [0.29, 0.717) is 11.7 Å². The molecule has 1 fully saturated rings. The third-order valence-electron chi connectivity index (χ3n) is 3.85. The van der Waals surface area contributed by atoms with Gasteiger partial charge in [-0.15, -0.1) is 0 Å². The monoisotopic (exact) mass is 250 g/mol. The molecule has 0 aliphatic heterocycles. The molecular formula is C18H18O. The molecule has 1 unspecified atom stereocenters. The zero-order valence-corrected chi connectivity index (χ0v) is 11.0. The zero-order valence-electron chi connectivity index (χ0n) is 11.0. The first-order chi connectivity index (χ1) is 9.31. The minimum atomic E-state index is 0.416. The van der Waals surface area contributed by atoms with Gasteiger partial charge in [0.05, 0.1) is 0 Å². The average molecular weight is 250 g/mol. The summed E-state index contributed by atoms with van der Waals surface area (Å²) in [5.41, 5.74) is 1.22. The molecule has 0 bridgehead atoms. The van der Waals surface area contributed by atoms with Crippen molar-refractivity contribution in [3.05, 3.63) is 54.1 Å². The van der Waals surface area contributed by atoms with Crippen LogP contribution in [0.15, 0.2) is 48.5 Å². The fourth-order valence-corrected chi connectivity index (χ4v) is 2.78. The van der Waals surface area contributed by atoms with Crippen molar-refractivity contribution in [2.45, 2.75) is 25.7 Å². The summed E-state index contributed by atoms with van der Waals surface area (Å²) in [6, 6.07) is 14.9. The van der Waals surface area contributed by atoms with Gasteiger partial charge < -0.3 is 0 Å². The Balaban J connectivity index is 1.78. The van der Waals surface area contributed by atoms with Gasteiger partial charge in [-0.05, 0) is 41.2 Å². The predicted molar refractivity (Wildman–Crippen MR) is 79.9 cm³/mol. The lowest BCUT2D eigenvalue weighted by Gasteiger charge is -2.16. The van der Waals surface area contributed by atoms with Crippen molar-refractivity contribution in [2.75, 3.05) is 0 Å². The van der Waals surface area contributed by atoms with Crippen LogP contribution in [0.4, 0.5) is 0 Å². The number of hydrogen-bond donors (Lipinski definition) is 0. The zero-order chi connectivity index (χ0) is 13.1. The maximum Gasteiger partial charge on any atom is 0.133 e. The van der Waals surface area contributed by atoms with Crippen molar-refractivity contribution in [1.29, 1.82) is 0 Å². The molecule has 0 heterocycles. The molecule has 0 N–H and O–H groups in total. The van der Waals surface area contributed by atoms with Crippen molar-refractivity contribution in [1.82, 2.24) is 0 Å². The Labute approximate surface area is 113 Å². The van der Waals surface area contributed by atoms with E-state index >= 15 is 0 Å². The van der Waals surface area contributed by atoms with Crippen molar-refractivity contribution in [3.63, 3.8) is 0 Å². The first-order valence-electron chi connectivity index (χ1n) is 7.00. The maximum absolute atomic E-state index is 11.4. The van der Waals surface area contributed by atoms with Crippen LogP contribution < -0.4 is 0 Å². The molecule has 1 atom stereocenters. The standard InChI is InChI=1S/C18H18O/c19-18-7-3-4-14(13-18)8-9-15-10-11-16-5-1-2-6-17(16)12-15/h1-2,5-6,8-12,14H,3-4,7,13H2/b9-8+. The summed E-state index contributed by atoms with van der Waals surface area (Å²) in [6.07, 6.45) is 8.07. The van der Waals surface area contributed by atoms with E-state index in [2.05, 4.69) is 54.6 Å². The van der Waals surface area contributed by atoms with Crippen LogP contribution in [-0.2, 0) is 4.79 Å². The van der Waals surface area contributed by atoms with Gasteiger partial charge in [0.25, 0.3) is 0 Å². The number of allylic oxidation sites excluding steroid dienone is 1. The molecule has 1 saturated carbocycles. The Hall–Kier alpha value is -1.89. The molecular weight excluding hydrogens is 232 g/mol. The topological polar surface area (TPSA) is 17.1 Å². The first-order valence-corrected chi connectivity index (χ1v) is 7.00. The second-order valence-corrected chi connectivity index (χ2v) is 5.36. The van der Waals surface area contributed by atoms with Gasteiger partial charge in [0.2, 0.25) is 0 Å². The molecule has 2 aromatic rings. The second-order valence-electron chi connectivity index (χ2n) is 5.36. The number of rotatable bonds is 2. The fourth-order valence-electron chi connectivity index (χ4n) is 2.78. The SMILES string of the molecule is O=C1CCCC(/C=C/c2ccc3ccccc3c2)C1. The number of Topliss-reactive ketones (excluding diaryl/α,β-unsaturated/α-hetero) is 1. The molecule has 0 aromatic heterocycles. The van der Waals surface area contributed by atoms with Gasteiger partial charge in [-0.1, -0.05) is 48.6 Å². The summed E-state index contributed by atoms with van der Waals surface area (Å²) >= 11 is 0. The molecule has 1 aliphatic rings. The molecule has 19 heavy (non-hydrogen) atoms. The van der Waals surface area contributed by atoms with Crippen LogP contribution in [0, 0.1) is 5.92 Å². The molecule has 3 rings (SSSR count). The van der Waals surface area contributed by atoms with Crippen molar-refractivity contribution >= 4 is 22.6 Å². The van der Waals surface area contributed by atoms with Gasteiger partial charge in [-0.3, -0.25) is 4.79 Å². The highest BCUT2D eigenvalue weighted by atomic mass is 16.1. The Morgan fingerprint density at radius 3 is 2.74 bits per heavy atom. The number of ketones is 1. The van der Waals surface area contributed by atoms with Crippen LogP contribution in [-0.4, -0.2) is 5.78 Å². The molecule has 1 nitrogen and oxygen atoms in total. The van der Waals surface area contributed by atoms with Gasteiger partial charge in [0, 0.05) is 12.8 Å². The van der Waals surface area contributed by atoms with E-state index in [4.69, 9.17) is 0 Å². The second kappa shape index (κ2) is 5.40. The van der Waals surface area contributed by atoms with Crippen LogP contribution in [0.5, 0.6) is 0 Å². The predicted octanol–water partition coefficient (Wildman–Crippen LogP) is 4.61. The Morgan fingerprint density at radius 1 is 1.05 bits per heavy atom. The van der Waals surface area contributed by atoms with Crippen molar-refractivity contribution < 1.29 is 4.79 Å². The quantitative estimate of drug-likeness (QED) is 0.760. The minimum Gasteiger partial charge on any atom is -0.300 e. The van der Waals surface area contributed by atoms with E-state index in [9.17, 15) is 4.79 Å². The molecule has 1 heteroatoms. The van der Waals surface area contributed by atoms with Crippen LogP contribution in [0.2, 0.25) is 0 Å². The maximum atomic E-state index is 11.4. The van der Waals surface area contributed by atoms with Gasteiger partial charge in [-0.25, -0.2) is 0 Å². The Bertz CT molecular complexity index is 624. The first kappa shape index (κ1) is 12.2. The van der Waals surface area contributed by atoms with E-state index in [-0.39, 0.29) is 0 Å². The largest absolute Gasteiger partial charge is 0.300 e. The third kappa shape index (κ3) is 2.93. The van der Waals surface area contributed by atoms with E-state index in [0.717, 1.165) is 25.7 Å². The number of fused-ring (bicyclic) bond motifs is 1. The summed E-state index contributed by atoms with van der Waals surface area (Å²) < 4.78 is 0. The van der Waals surface area contributed by atoms with Crippen molar-refractivity contribution in [2.24, 2.45) is 5.92 Å². The van der Waals surface area contributed by atoms with Gasteiger partial charge in [0.15, 0.2) is 0 Å². The van der Waals surface area contributed by atoms with Crippen LogP contribution in [0.1, 0.15) is 31.2 Å².